The predicted molar refractivity (Wildman–Crippen MR) is 56.6 cm³/mol. The van der Waals surface area contributed by atoms with Crippen molar-refractivity contribution in [3.8, 4) is 0 Å². The maximum Gasteiger partial charge on any atom is 0.309 e. The number of hydrogen-bond donors (Lipinski definition) is 0. The van der Waals surface area contributed by atoms with Gasteiger partial charge in [-0.05, 0) is 13.0 Å². The van der Waals surface area contributed by atoms with Crippen molar-refractivity contribution in [1.29, 1.82) is 0 Å². The average molecular weight is 228 g/mol. The number of carbonyl (C=O) groups excluding carboxylic acids is 3. The van der Waals surface area contributed by atoms with E-state index in [4.69, 9.17) is 9.47 Å². The van der Waals surface area contributed by atoms with Crippen molar-refractivity contribution in [2.24, 2.45) is 0 Å². The largest absolute Gasteiger partial charge is 0.466 e. The zero-order valence-electron chi connectivity index (χ0n) is 9.52. The lowest BCUT2D eigenvalue weighted by Gasteiger charge is -2.14. The number of ketones is 1. The van der Waals surface area contributed by atoms with Crippen molar-refractivity contribution in [3.63, 3.8) is 0 Å². The first kappa shape index (κ1) is 14.3. The number of hydrogen-bond acceptors (Lipinski definition) is 5. The summed E-state index contributed by atoms with van der Waals surface area (Å²) in [4.78, 5) is 33.0. The number of rotatable bonds is 7. The Hall–Kier alpha value is -1.65. The topological polar surface area (TPSA) is 69.7 Å². The van der Waals surface area contributed by atoms with E-state index in [0.29, 0.717) is 0 Å². The summed E-state index contributed by atoms with van der Waals surface area (Å²) in [6.45, 7) is 6.45. The maximum atomic E-state index is 11.2. The number of esters is 2. The van der Waals surface area contributed by atoms with Crippen molar-refractivity contribution in [3.05, 3.63) is 12.7 Å². The molecule has 0 spiro atoms. The first-order chi connectivity index (χ1) is 7.49. The van der Waals surface area contributed by atoms with Gasteiger partial charge in [-0.2, -0.15) is 0 Å². The molecule has 0 N–H and O–H groups in total. The lowest BCUT2D eigenvalue weighted by atomic mass is 10.1. The highest BCUT2D eigenvalue weighted by Crippen LogP contribution is 2.07. The summed E-state index contributed by atoms with van der Waals surface area (Å²) in [7, 11) is 0. The monoisotopic (exact) mass is 228 g/mol. The third kappa shape index (κ3) is 6.75. The molecule has 0 aliphatic carbocycles. The smallest absolute Gasteiger partial charge is 0.309 e. The third-order valence-corrected chi connectivity index (χ3v) is 1.69. The molecular weight excluding hydrogens is 212 g/mol. The molecule has 0 radical (unpaired) electrons. The van der Waals surface area contributed by atoms with Crippen LogP contribution in [-0.2, 0) is 23.9 Å². The van der Waals surface area contributed by atoms with Crippen LogP contribution >= 0.6 is 0 Å². The summed E-state index contributed by atoms with van der Waals surface area (Å²) in [5.74, 6) is -1.31. The van der Waals surface area contributed by atoms with Crippen molar-refractivity contribution < 1.29 is 23.9 Å². The second-order valence-electron chi connectivity index (χ2n) is 3.12. The van der Waals surface area contributed by atoms with Crippen molar-refractivity contribution in [1.82, 2.24) is 0 Å². The van der Waals surface area contributed by atoms with Crippen LogP contribution in [0.2, 0.25) is 0 Å². The van der Waals surface area contributed by atoms with Crippen LogP contribution in [-0.4, -0.2) is 30.4 Å². The Kier molecular flexibility index (Phi) is 6.83. The molecule has 0 heterocycles. The third-order valence-electron chi connectivity index (χ3n) is 1.69. The van der Waals surface area contributed by atoms with Crippen LogP contribution in [0.5, 0.6) is 0 Å². The average Bonchev–Trinajstić information content (AvgIpc) is 2.16. The molecule has 16 heavy (non-hydrogen) atoms. The fourth-order valence-corrected chi connectivity index (χ4v) is 1.10. The van der Waals surface area contributed by atoms with E-state index < -0.39 is 18.0 Å². The molecule has 0 rings (SSSR count). The zero-order valence-corrected chi connectivity index (χ0v) is 9.52. The van der Waals surface area contributed by atoms with Crippen molar-refractivity contribution >= 4 is 17.7 Å². The molecule has 0 bridgehead atoms. The SMILES string of the molecule is C=CC(=O)C[C@H](CC(=O)OCC)OC(C)=O. The van der Waals surface area contributed by atoms with E-state index in [1.165, 1.54) is 6.92 Å². The van der Waals surface area contributed by atoms with Gasteiger partial charge in [0, 0.05) is 13.3 Å². The van der Waals surface area contributed by atoms with Crippen LogP contribution in [0, 0.1) is 0 Å². The molecule has 0 aliphatic rings. The summed E-state index contributed by atoms with van der Waals surface area (Å²) in [6, 6.07) is 0. The molecule has 0 amide bonds. The molecule has 0 aromatic heterocycles. The van der Waals surface area contributed by atoms with Crippen LogP contribution in [0.25, 0.3) is 0 Å². The minimum absolute atomic E-state index is 0.0537. The molecule has 0 saturated heterocycles. The molecule has 5 nitrogen and oxygen atoms in total. The summed E-state index contributed by atoms with van der Waals surface area (Å²) in [5.41, 5.74) is 0. The summed E-state index contributed by atoms with van der Waals surface area (Å²) < 4.78 is 9.53. The minimum atomic E-state index is -0.776. The molecule has 0 aromatic carbocycles. The van der Waals surface area contributed by atoms with Gasteiger partial charge >= 0.3 is 11.9 Å². The molecule has 5 heteroatoms. The Morgan fingerprint density at radius 1 is 1.31 bits per heavy atom. The van der Waals surface area contributed by atoms with Crippen LogP contribution in [0.4, 0.5) is 0 Å². The lowest BCUT2D eigenvalue weighted by Crippen LogP contribution is -2.24. The van der Waals surface area contributed by atoms with Crippen LogP contribution in [0.3, 0.4) is 0 Å². The lowest BCUT2D eigenvalue weighted by molar-refractivity contribution is -0.153. The molecule has 90 valence electrons. The number of allylic oxidation sites excluding steroid dienone is 1. The van der Waals surface area contributed by atoms with Gasteiger partial charge in [0.2, 0.25) is 0 Å². The standard InChI is InChI=1S/C11H16O5/c1-4-9(13)6-10(16-8(3)12)7-11(14)15-5-2/h4,10H,1,5-7H2,2-3H3/t10-/m1/s1. The zero-order chi connectivity index (χ0) is 12.6. The van der Waals surface area contributed by atoms with Gasteiger partial charge in [-0.3, -0.25) is 14.4 Å². The van der Waals surface area contributed by atoms with E-state index in [-0.39, 0.29) is 25.2 Å². The number of ether oxygens (including phenoxy) is 2. The molecular formula is C11H16O5. The van der Waals surface area contributed by atoms with Gasteiger partial charge in [-0.25, -0.2) is 0 Å². The molecule has 1 atom stereocenters. The van der Waals surface area contributed by atoms with Gasteiger partial charge in [0.15, 0.2) is 5.78 Å². The Balaban J connectivity index is 4.30. The van der Waals surface area contributed by atoms with E-state index in [0.717, 1.165) is 6.08 Å². The first-order valence-corrected chi connectivity index (χ1v) is 4.97. The summed E-state index contributed by atoms with van der Waals surface area (Å²) in [5, 5.41) is 0. The fraction of sp³-hybridized carbons (Fsp3) is 0.545. The van der Waals surface area contributed by atoms with Gasteiger partial charge in [0.05, 0.1) is 13.0 Å². The summed E-state index contributed by atoms with van der Waals surface area (Å²) >= 11 is 0. The quantitative estimate of drug-likeness (QED) is 0.480. The number of carbonyl (C=O) groups is 3. The predicted octanol–water partition coefficient (Wildman–Crippen LogP) is 1.02. The second kappa shape index (κ2) is 7.62. The van der Waals surface area contributed by atoms with Crippen LogP contribution in [0.1, 0.15) is 26.7 Å². The molecule has 0 aliphatic heterocycles. The highest BCUT2D eigenvalue weighted by molar-refractivity contribution is 5.90. The normalized spacial score (nSPS) is 11.4. The van der Waals surface area contributed by atoms with E-state index >= 15 is 0 Å². The van der Waals surface area contributed by atoms with E-state index in [1.54, 1.807) is 6.92 Å². The van der Waals surface area contributed by atoms with Crippen LogP contribution < -0.4 is 0 Å². The van der Waals surface area contributed by atoms with Crippen molar-refractivity contribution in [2.45, 2.75) is 32.8 Å². The van der Waals surface area contributed by atoms with Gasteiger partial charge in [-0.1, -0.05) is 6.58 Å². The van der Waals surface area contributed by atoms with Gasteiger partial charge in [0.1, 0.15) is 6.10 Å². The van der Waals surface area contributed by atoms with Gasteiger partial charge in [0.25, 0.3) is 0 Å². The fourth-order valence-electron chi connectivity index (χ4n) is 1.10. The van der Waals surface area contributed by atoms with Crippen molar-refractivity contribution in [2.75, 3.05) is 6.61 Å². The molecule has 0 unspecified atom stereocenters. The Morgan fingerprint density at radius 2 is 1.94 bits per heavy atom. The summed E-state index contributed by atoms with van der Waals surface area (Å²) in [6.07, 6.45) is 0.179. The van der Waals surface area contributed by atoms with Gasteiger partial charge < -0.3 is 9.47 Å². The maximum absolute atomic E-state index is 11.2. The van der Waals surface area contributed by atoms with E-state index in [9.17, 15) is 14.4 Å². The highest BCUT2D eigenvalue weighted by atomic mass is 16.6. The van der Waals surface area contributed by atoms with E-state index in [1.807, 2.05) is 0 Å². The van der Waals surface area contributed by atoms with Gasteiger partial charge in [-0.15, -0.1) is 0 Å². The van der Waals surface area contributed by atoms with E-state index in [2.05, 4.69) is 6.58 Å². The molecule has 0 aromatic rings. The Labute approximate surface area is 94.4 Å². The van der Waals surface area contributed by atoms with Crippen LogP contribution in [0.15, 0.2) is 12.7 Å². The Bertz CT molecular complexity index is 282. The minimum Gasteiger partial charge on any atom is -0.466 e. The first-order valence-electron chi connectivity index (χ1n) is 4.97. The second-order valence-corrected chi connectivity index (χ2v) is 3.12. The Morgan fingerprint density at radius 3 is 2.38 bits per heavy atom. The molecule has 0 fully saturated rings. The molecule has 0 saturated carbocycles. The highest BCUT2D eigenvalue weighted by Gasteiger charge is 2.19.